The first-order valence-electron chi connectivity index (χ1n) is 9.50. The third kappa shape index (κ3) is 7.68. The van der Waals surface area contributed by atoms with Crippen LogP contribution in [0.1, 0.15) is 46.5 Å². The minimum Gasteiger partial charge on any atom is -0.481 e. The lowest BCUT2D eigenvalue weighted by atomic mass is 10.0. The van der Waals surface area contributed by atoms with Crippen molar-refractivity contribution in [3.8, 4) is 5.75 Å². The third-order valence-electron chi connectivity index (χ3n) is 4.45. The molecule has 0 N–H and O–H groups in total. The van der Waals surface area contributed by atoms with Crippen LogP contribution in [0.5, 0.6) is 5.75 Å². The summed E-state index contributed by atoms with van der Waals surface area (Å²) in [6.07, 6.45) is 0. The Kier molecular flexibility index (Phi) is 10.7. The summed E-state index contributed by atoms with van der Waals surface area (Å²) >= 11 is 2.39. The Balaban J connectivity index is 0.000000326. The van der Waals surface area contributed by atoms with Gasteiger partial charge in [0.2, 0.25) is 0 Å². The first kappa shape index (κ1) is 24.9. The number of esters is 2. The van der Waals surface area contributed by atoms with Gasteiger partial charge in [0.05, 0.1) is 13.2 Å². The monoisotopic (exact) mass is 512 g/mol. The van der Waals surface area contributed by atoms with Crippen LogP contribution in [0, 0.1) is 31.3 Å². The quantitative estimate of drug-likeness (QED) is 0.387. The highest BCUT2D eigenvalue weighted by molar-refractivity contribution is 14.1. The van der Waals surface area contributed by atoms with E-state index in [1.807, 2.05) is 0 Å². The van der Waals surface area contributed by atoms with E-state index >= 15 is 0 Å². The zero-order chi connectivity index (χ0) is 22.0. The molecule has 5 nitrogen and oxygen atoms in total. The van der Waals surface area contributed by atoms with E-state index in [4.69, 9.17) is 14.2 Å². The Morgan fingerprint density at radius 1 is 0.897 bits per heavy atom. The van der Waals surface area contributed by atoms with Crippen molar-refractivity contribution in [1.82, 2.24) is 0 Å². The second-order valence-electron chi connectivity index (χ2n) is 6.36. The summed E-state index contributed by atoms with van der Waals surface area (Å²) in [6, 6.07) is 8.84. The lowest BCUT2D eigenvalue weighted by Crippen LogP contribution is -2.16. The number of carbonyl (C=O) groups is 2. The Hall–Kier alpha value is -2.09. The van der Waals surface area contributed by atoms with E-state index in [1.54, 1.807) is 38.1 Å². The van der Waals surface area contributed by atoms with Crippen molar-refractivity contribution in [2.45, 2.75) is 41.5 Å². The minimum absolute atomic E-state index is 0.232. The molecule has 29 heavy (non-hydrogen) atoms. The normalized spacial score (nSPS) is 9.90. The molecule has 0 aliphatic heterocycles. The van der Waals surface area contributed by atoms with Crippen molar-refractivity contribution >= 4 is 34.5 Å². The Bertz CT molecular complexity index is 819. The van der Waals surface area contributed by atoms with Gasteiger partial charge < -0.3 is 14.2 Å². The maximum absolute atomic E-state index is 11.6. The van der Waals surface area contributed by atoms with E-state index in [2.05, 4.69) is 56.4 Å². The zero-order valence-electron chi connectivity index (χ0n) is 17.9. The predicted octanol–water partition coefficient (Wildman–Crippen LogP) is 5.33. The van der Waals surface area contributed by atoms with Gasteiger partial charge in [-0.3, -0.25) is 0 Å². The summed E-state index contributed by atoms with van der Waals surface area (Å²) in [5.74, 6) is -0.642. The topological polar surface area (TPSA) is 61.8 Å². The maximum Gasteiger partial charge on any atom is 0.344 e. The lowest BCUT2D eigenvalue weighted by molar-refractivity contribution is -0.145. The lowest BCUT2D eigenvalue weighted by Gasteiger charge is -2.09. The van der Waals surface area contributed by atoms with Gasteiger partial charge in [-0.25, -0.2) is 9.59 Å². The molecule has 2 aromatic rings. The molecule has 0 atom stereocenters. The summed E-state index contributed by atoms with van der Waals surface area (Å²) in [4.78, 5) is 22.8. The van der Waals surface area contributed by atoms with Crippen LogP contribution >= 0.6 is 22.6 Å². The van der Waals surface area contributed by atoms with Crippen LogP contribution in [0.3, 0.4) is 0 Å². The van der Waals surface area contributed by atoms with E-state index in [-0.39, 0.29) is 13.2 Å². The van der Waals surface area contributed by atoms with Gasteiger partial charge in [0, 0.05) is 3.57 Å². The summed E-state index contributed by atoms with van der Waals surface area (Å²) in [7, 11) is 0. The molecule has 0 radical (unpaired) electrons. The molecule has 2 aromatic carbocycles. The number of para-hydroxylation sites is 1. The maximum atomic E-state index is 11.6. The van der Waals surface area contributed by atoms with E-state index in [0.29, 0.717) is 17.9 Å². The first-order chi connectivity index (χ1) is 13.7. The number of rotatable bonds is 6. The fourth-order valence-corrected chi connectivity index (χ4v) is 3.34. The minimum atomic E-state index is -0.476. The molecule has 0 aliphatic carbocycles. The molecule has 6 heteroatoms. The average molecular weight is 512 g/mol. The SMILES string of the molecule is CCOC(=O)COc1ccccc1C(=O)OCC.Cc1cc(I)c(C)c(C)c1C. The number of benzene rings is 2. The van der Waals surface area contributed by atoms with Crippen LogP contribution < -0.4 is 4.74 Å². The molecule has 0 saturated heterocycles. The van der Waals surface area contributed by atoms with Crippen LogP contribution in [0.2, 0.25) is 0 Å². The number of hydrogen-bond acceptors (Lipinski definition) is 5. The molecule has 0 aromatic heterocycles. The molecule has 0 spiro atoms. The molecule has 0 heterocycles. The van der Waals surface area contributed by atoms with Crippen LogP contribution in [-0.4, -0.2) is 31.8 Å². The fourth-order valence-electron chi connectivity index (χ4n) is 2.47. The molecule has 2 rings (SSSR count). The smallest absolute Gasteiger partial charge is 0.344 e. The largest absolute Gasteiger partial charge is 0.481 e. The van der Waals surface area contributed by atoms with E-state index in [9.17, 15) is 9.59 Å². The van der Waals surface area contributed by atoms with Gasteiger partial charge in [0.1, 0.15) is 11.3 Å². The highest BCUT2D eigenvalue weighted by Crippen LogP contribution is 2.22. The Morgan fingerprint density at radius 2 is 1.52 bits per heavy atom. The van der Waals surface area contributed by atoms with Crippen molar-refractivity contribution in [2.75, 3.05) is 19.8 Å². The highest BCUT2D eigenvalue weighted by atomic mass is 127. The van der Waals surface area contributed by atoms with E-state index in [0.717, 1.165) is 0 Å². The van der Waals surface area contributed by atoms with Gasteiger partial charge in [0.15, 0.2) is 6.61 Å². The summed E-state index contributed by atoms with van der Waals surface area (Å²) < 4.78 is 16.2. The molecular formula is C23H29IO5. The number of hydrogen-bond donors (Lipinski definition) is 0. The second kappa shape index (κ2) is 12.5. The Labute approximate surface area is 186 Å². The number of carbonyl (C=O) groups excluding carboxylic acids is 2. The van der Waals surface area contributed by atoms with E-state index < -0.39 is 11.9 Å². The van der Waals surface area contributed by atoms with Gasteiger partial charge in [-0.1, -0.05) is 12.1 Å². The van der Waals surface area contributed by atoms with Crippen LogP contribution in [0.15, 0.2) is 30.3 Å². The molecule has 0 aliphatic rings. The van der Waals surface area contributed by atoms with Crippen molar-refractivity contribution < 1.29 is 23.8 Å². The zero-order valence-corrected chi connectivity index (χ0v) is 20.1. The third-order valence-corrected chi connectivity index (χ3v) is 5.57. The summed E-state index contributed by atoms with van der Waals surface area (Å²) in [5, 5.41) is 0. The van der Waals surface area contributed by atoms with Crippen molar-refractivity contribution in [3.63, 3.8) is 0 Å². The first-order valence-corrected chi connectivity index (χ1v) is 10.6. The highest BCUT2D eigenvalue weighted by Gasteiger charge is 2.14. The van der Waals surface area contributed by atoms with Gasteiger partial charge >= 0.3 is 11.9 Å². The van der Waals surface area contributed by atoms with Crippen molar-refractivity contribution in [2.24, 2.45) is 0 Å². The Morgan fingerprint density at radius 3 is 2.14 bits per heavy atom. The standard InChI is InChI=1S/C13H16O5.C10H13I/c1-3-16-12(14)9-18-11-8-6-5-7-10(11)13(15)17-4-2;1-6-5-10(11)9(4)8(3)7(6)2/h5-8H,3-4,9H2,1-2H3;5H,1-4H3. The van der Waals surface area contributed by atoms with Crippen molar-refractivity contribution in [1.29, 1.82) is 0 Å². The average Bonchev–Trinajstić information content (AvgIpc) is 2.70. The molecule has 0 bridgehead atoms. The predicted molar refractivity (Wildman–Crippen MR) is 123 cm³/mol. The molecule has 158 valence electrons. The summed E-state index contributed by atoms with van der Waals surface area (Å²) in [6.45, 7) is 12.5. The molecule has 0 saturated carbocycles. The van der Waals surface area contributed by atoms with Crippen molar-refractivity contribution in [3.05, 3.63) is 61.7 Å². The van der Waals surface area contributed by atoms with Gasteiger partial charge in [-0.2, -0.15) is 0 Å². The van der Waals surface area contributed by atoms with Gasteiger partial charge in [0.25, 0.3) is 0 Å². The second-order valence-corrected chi connectivity index (χ2v) is 7.52. The molecular weight excluding hydrogens is 483 g/mol. The molecule has 0 unspecified atom stereocenters. The molecule has 0 fully saturated rings. The van der Waals surface area contributed by atoms with Crippen LogP contribution in [0.4, 0.5) is 0 Å². The van der Waals surface area contributed by atoms with Crippen LogP contribution in [0.25, 0.3) is 0 Å². The van der Waals surface area contributed by atoms with Gasteiger partial charge in [-0.05, 0) is 105 Å². The van der Waals surface area contributed by atoms with Crippen LogP contribution in [-0.2, 0) is 14.3 Å². The number of halogens is 1. The van der Waals surface area contributed by atoms with Gasteiger partial charge in [-0.15, -0.1) is 0 Å². The number of ether oxygens (including phenoxy) is 3. The summed E-state index contributed by atoms with van der Waals surface area (Å²) in [5.41, 5.74) is 5.99. The fraction of sp³-hybridized carbons (Fsp3) is 0.391. The number of aryl methyl sites for hydroxylation is 1. The molecule has 0 amide bonds. The van der Waals surface area contributed by atoms with E-state index in [1.165, 1.54) is 25.8 Å².